The van der Waals surface area contributed by atoms with Gasteiger partial charge >= 0.3 is 5.97 Å². The molecule has 0 saturated heterocycles. The van der Waals surface area contributed by atoms with E-state index in [1.807, 2.05) is 11.4 Å². The molecule has 0 spiro atoms. The van der Waals surface area contributed by atoms with Crippen molar-refractivity contribution in [1.82, 2.24) is 10.6 Å². The van der Waals surface area contributed by atoms with Crippen LogP contribution in [-0.2, 0) is 14.3 Å². The van der Waals surface area contributed by atoms with Gasteiger partial charge in [0.1, 0.15) is 5.54 Å². The van der Waals surface area contributed by atoms with E-state index in [9.17, 15) is 14.4 Å². The molecule has 1 aromatic rings. The third-order valence-corrected chi connectivity index (χ3v) is 5.56. The molecule has 1 fully saturated rings. The smallest absolute Gasteiger partial charge is 0.331 e. The standard InChI is InChI=1S/C18H26N2O4S/c1-13-7-9-18(10-8-13,17(23)24-2)20-15(21)6-3-11-19-16(22)14-5-4-12-25-14/h4-5,12-13H,3,6-11H2,1-2H3,(H,19,22)(H,20,21). The zero-order valence-corrected chi connectivity index (χ0v) is 15.6. The van der Waals surface area contributed by atoms with Crippen LogP contribution in [0, 0.1) is 5.92 Å². The maximum Gasteiger partial charge on any atom is 0.331 e. The minimum Gasteiger partial charge on any atom is -0.467 e. The second-order valence-electron chi connectivity index (χ2n) is 6.64. The van der Waals surface area contributed by atoms with Gasteiger partial charge in [-0.3, -0.25) is 9.59 Å². The van der Waals surface area contributed by atoms with E-state index in [1.165, 1.54) is 18.4 Å². The summed E-state index contributed by atoms with van der Waals surface area (Å²) in [5.41, 5.74) is -0.890. The highest BCUT2D eigenvalue weighted by Gasteiger charge is 2.43. The Morgan fingerprint density at radius 1 is 1.32 bits per heavy atom. The summed E-state index contributed by atoms with van der Waals surface area (Å²) >= 11 is 1.38. The van der Waals surface area contributed by atoms with Gasteiger partial charge in [-0.1, -0.05) is 13.0 Å². The summed E-state index contributed by atoms with van der Waals surface area (Å²) < 4.78 is 4.92. The number of thiophene rings is 1. The first-order chi connectivity index (χ1) is 12.0. The highest BCUT2D eigenvalue weighted by molar-refractivity contribution is 7.12. The van der Waals surface area contributed by atoms with Crippen molar-refractivity contribution >= 4 is 29.1 Å². The number of hydrogen-bond acceptors (Lipinski definition) is 5. The van der Waals surface area contributed by atoms with Crippen molar-refractivity contribution in [2.75, 3.05) is 13.7 Å². The molecule has 0 bridgehead atoms. The molecule has 0 radical (unpaired) electrons. The summed E-state index contributed by atoms with van der Waals surface area (Å²) in [6.45, 7) is 2.58. The number of rotatable bonds is 7. The third-order valence-electron chi connectivity index (χ3n) is 4.69. The minimum absolute atomic E-state index is 0.122. The van der Waals surface area contributed by atoms with Crippen molar-refractivity contribution in [3.8, 4) is 0 Å². The van der Waals surface area contributed by atoms with Gasteiger partial charge in [-0.05, 0) is 49.5 Å². The first kappa shape index (κ1) is 19.4. The quantitative estimate of drug-likeness (QED) is 0.574. The molecular formula is C18H26N2O4S. The van der Waals surface area contributed by atoms with Crippen molar-refractivity contribution in [3.05, 3.63) is 22.4 Å². The van der Waals surface area contributed by atoms with Crippen LogP contribution in [0.25, 0.3) is 0 Å². The lowest BCUT2D eigenvalue weighted by molar-refractivity contribution is -0.153. The average Bonchev–Trinajstić information content (AvgIpc) is 3.14. The summed E-state index contributed by atoms with van der Waals surface area (Å²) in [5, 5.41) is 7.54. The van der Waals surface area contributed by atoms with Crippen molar-refractivity contribution in [2.45, 2.75) is 51.0 Å². The van der Waals surface area contributed by atoms with Crippen molar-refractivity contribution in [2.24, 2.45) is 5.92 Å². The summed E-state index contributed by atoms with van der Waals surface area (Å²) in [6.07, 6.45) is 3.80. The fourth-order valence-electron chi connectivity index (χ4n) is 3.11. The van der Waals surface area contributed by atoms with E-state index >= 15 is 0 Å². The molecule has 0 unspecified atom stereocenters. The van der Waals surface area contributed by atoms with Gasteiger partial charge in [0.2, 0.25) is 5.91 Å². The summed E-state index contributed by atoms with van der Waals surface area (Å²) in [4.78, 5) is 36.9. The minimum atomic E-state index is -0.890. The van der Waals surface area contributed by atoms with E-state index in [1.54, 1.807) is 6.07 Å². The van der Waals surface area contributed by atoms with Crippen LogP contribution in [0.2, 0.25) is 0 Å². The highest BCUT2D eigenvalue weighted by atomic mass is 32.1. The van der Waals surface area contributed by atoms with Gasteiger partial charge < -0.3 is 15.4 Å². The molecular weight excluding hydrogens is 340 g/mol. The van der Waals surface area contributed by atoms with Crippen LogP contribution in [0.3, 0.4) is 0 Å². The third kappa shape index (κ3) is 5.29. The lowest BCUT2D eigenvalue weighted by atomic mass is 9.77. The monoisotopic (exact) mass is 366 g/mol. The van der Waals surface area contributed by atoms with Crippen LogP contribution in [0.5, 0.6) is 0 Å². The van der Waals surface area contributed by atoms with E-state index in [4.69, 9.17) is 4.74 Å². The zero-order chi connectivity index (χ0) is 18.3. The Kier molecular flexibility index (Phi) is 6.99. The zero-order valence-electron chi connectivity index (χ0n) is 14.8. The summed E-state index contributed by atoms with van der Waals surface area (Å²) in [5.74, 6) is -0.103. The van der Waals surface area contributed by atoms with Crippen molar-refractivity contribution in [3.63, 3.8) is 0 Å². The Balaban J connectivity index is 1.77. The number of esters is 1. The SMILES string of the molecule is COC(=O)C1(NC(=O)CCCNC(=O)c2cccs2)CCC(C)CC1. The molecule has 7 heteroatoms. The van der Waals surface area contributed by atoms with Crippen LogP contribution in [0.4, 0.5) is 0 Å². The van der Waals surface area contributed by atoms with E-state index in [0.29, 0.717) is 36.6 Å². The molecule has 6 nitrogen and oxygen atoms in total. The van der Waals surface area contributed by atoms with Crippen LogP contribution in [-0.4, -0.2) is 37.0 Å². The normalized spacial score (nSPS) is 22.9. The molecule has 0 aliphatic heterocycles. The molecule has 1 aliphatic carbocycles. The van der Waals surface area contributed by atoms with E-state index in [2.05, 4.69) is 17.6 Å². The van der Waals surface area contributed by atoms with Crippen LogP contribution in [0.15, 0.2) is 17.5 Å². The highest BCUT2D eigenvalue weighted by Crippen LogP contribution is 2.33. The second-order valence-corrected chi connectivity index (χ2v) is 7.59. The number of hydrogen-bond donors (Lipinski definition) is 2. The van der Waals surface area contributed by atoms with Crippen LogP contribution < -0.4 is 10.6 Å². The van der Waals surface area contributed by atoms with Gasteiger partial charge in [0.15, 0.2) is 0 Å². The number of carbonyl (C=O) groups is 3. The second kappa shape index (κ2) is 8.99. The van der Waals surface area contributed by atoms with Gasteiger partial charge in [0.25, 0.3) is 5.91 Å². The van der Waals surface area contributed by atoms with Crippen molar-refractivity contribution < 1.29 is 19.1 Å². The number of carbonyl (C=O) groups excluding carboxylic acids is 3. The molecule has 1 aliphatic rings. The maximum absolute atomic E-state index is 12.3. The Bertz CT molecular complexity index is 592. The number of ether oxygens (including phenoxy) is 1. The molecule has 0 aromatic carbocycles. The number of amides is 2. The summed E-state index contributed by atoms with van der Waals surface area (Å²) in [7, 11) is 1.36. The van der Waals surface area contributed by atoms with Gasteiger partial charge in [-0.25, -0.2) is 4.79 Å². The molecule has 1 saturated carbocycles. The maximum atomic E-state index is 12.3. The van der Waals surface area contributed by atoms with Gasteiger partial charge in [-0.2, -0.15) is 0 Å². The molecule has 1 heterocycles. The first-order valence-electron chi connectivity index (χ1n) is 8.68. The van der Waals surface area contributed by atoms with Crippen LogP contribution in [0.1, 0.15) is 55.1 Å². The largest absolute Gasteiger partial charge is 0.467 e. The average molecular weight is 366 g/mol. The van der Waals surface area contributed by atoms with E-state index in [0.717, 1.165) is 12.8 Å². The summed E-state index contributed by atoms with van der Waals surface area (Å²) in [6, 6.07) is 3.58. The molecule has 2 amide bonds. The molecule has 2 rings (SSSR count). The van der Waals surface area contributed by atoms with Gasteiger partial charge in [0.05, 0.1) is 12.0 Å². The number of methoxy groups -OCH3 is 1. The van der Waals surface area contributed by atoms with Gasteiger partial charge in [0, 0.05) is 13.0 Å². The lowest BCUT2D eigenvalue weighted by Gasteiger charge is -2.37. The Labute approximate surface area is 152 Å². The molecule has 0 atom stereocenters. The molecule has 25 heavy (non-hydrogen) atoms. The van der Waals surface area contributed by atoms with Gasteiger partial charge in [-0.15, -0.1) is 11.3 Å². The predicted molar refractivity (Wildman–Crippen MR) is 96.4 cm³/mol. The molecule has 1 aromatic heterocycles. The fourth-order valence-corrected chi connectivity index (χ4v) is 3.75. The lowest BCUT2D eigenvalue weighted by Crippen LogP contribution is -2.56. The van der Waals surface area contributed by atoms with E-state index < -0.39 is 5.54 Å². The van der Waals surface area contributed by atoms with E-state index in [-0.39, 0.29) is 24.2 Å². The molecule has 138 valence electrons. The first-order valence-corrected chi connectivity index (χ1v) is 9.56. The number of nitrogens with one attached hydrogen (secondary N) is 2. The Hall–Kier alpha value is -1.89. The van der Waals surface area contributed by atoms with Crippen molar-refractivity contribution in [1.29, 1.82) is 0 Å². The fraction of sp³-hybridized carbons (Fsp3) is 0.611. The topological polar surface area (TPSA) is 84.5 Å². The predicted octanol–water partition coefficient (Wildman–Crippen LogP) is 2.50. The Morgan fingerprint density at radius 2 is 2.04 bits per heavy atom. The molecule has 2 N–H and O–H groups in total. The van der Waals surface area contributed by atoms with Crippen LogP contribution >= 0.6 is 11.3 Å². The Morgan fingerprint density at radius 3 is 2.64 bits per heavy atom.